The van der Waals surface area contributed by atoms with Crippen LogP contribution in [0.3, 0.4) is 0 Å². The number of nitrogens with one attached hydrogen (secondary N) is 1. The van der Waals surface area contributed by atoms with Crippen molar-refractivity contribution in [2.75, 3.05) is 12.1 Å². The molecule has 0 saturated carbocycles. The van der Waals surface area contributed by atoms with Gasteiger partial charge in [-0.1, -0.05) is 30.3 Å². The molecule has 130 valence electrons. The number of nitrogens with zero attached hydrogens (tertiary/aromatic N) is 1. The summed E-state index contributed by atoms with van der Waals surface area (Å²) >= 11 is 0. The minimum atomic E-state index is -0.697. The number of carbonyl (C=O) groups excluding carboxylic acids is 2. The highest BCUT2D eigenvalue weighted by Crippen LogP contribution is 2.34. The largest absolute Gasteiger partial charge is 0.454 e. The second-order valence-corrected chi connectivity index (χ2v) is 5.86. The Hall–Kier alpha value is -3.54. The maximum absolute atomic E-state index is 12.6. The molecule has 0 saturated heterocycles. The van der Waals surface area contributed by atoms with Gasteiger partial charge >= 0.3 is 0 Å². The lowest BCUT2D eigenvalue weighted by Gasteiger charge is -2.09. The van der Waals surface area contributed by atoms with E-state index in [1.807, 2.05) is 30.3 Å². The molecule has 0 aliphatic carbocycles. The number of rotatable bonds is 5. The first-order valence-corrected chi connectivity index (χ1v) is 8.15. The summed E-state index contributed by atoms with van der Waals surface area (Å²) < 4.78 is 12.3. The third kappa shape index (κ3) is 3.17. The van der Waals surface area contributed by atoms with E-state index in [2.05, 4.69) is 5.32 Å². The van der Waals surface area contributed by atoms with E-state index in [0.29, 0.717) is 29.4 Å². The zero-order valence-electron chi connectivity index (χ0n) is 13.8. The van der Waals surface area contributed by atoms with Crippen molar-refractivity contribution in [1.29, 1.82) is 0 Å². The first-order chi connectivity index (χ1) is 12.7. The number of Topliss-reactive ketones (excluding diaryl/α,β-unsaturated/α-hetero) is 1. The Morgan fingerprint density at radius 3 is 2.62 bits per heavy atom. The Bertz CT molecular complexity index is 963. The van der Waals surface area contributed by atoms with Gasteiger partial charge in [-0.15, -0.1) is 0 Å². The van der Waals surface area contributed by atoms with Crippen LogP contribution in [0.15, 0.2) is 66.9 Å². The fraction of sp³-hybridized carbons (Fsp3) is 0.100. The maximum Gasteiger partial charge on any atom is 0.298 e. The van der Waals surface area contributed by atoms with Crippen LogP contribution in [0, 0.1) is 0 Å². The number of ether oxygens (including phenoxy) is 2. The fourth-order valence-corrected chi connectivity index (χ4v) is 2.82. The van der Waals surface area contributed by atoms with Crippen LogP contribution in [-0.4, -0.2) is 23.1 Å². The van der Waals surface area contributed by atoms with E-state index in [1.54, 1.807) is 41.1 Å². The Labute approximate surface area is 150 Å². The SMILES string of the molecule is O=C(Nc1ccc2c(c1)OCO2)C(=O)c1cccn1Cc1ccccc1. The van der Waals surface area contributed by atoms with Crippen molar-refractivity contribution in [2.24, 2.45) is 0 Å². The standard InChI is InChI=1S/C20H16N2O4/c23-19(16-7-4-10-22(16)12-14-5-2-1-3-6-14)20(24)21-15-8-9-17-18(11-15)26-13-25-17/h1-11H,12-13H2,(H,21,24). The number of fused-ring (bicyclic) bond motifs is 1. The summed E-state index contributed by atoms with van der Waals surface area (Å²) in [6.07, 6.45) is 1.79. The minimum Gasteiger partial charge on any atom is -0.454 e. The molecule has 1 amide bonds. The number of ketones is 1. The molecule has 1 aliphatic heterocycles. The van der Waals surface area contributed by atoms with Crippen LogP contribution in [0.5, 0.6) is 11.5 Å². The summed E-state index contributed by atoms with van der Waals surface area (Å²) in [7, 11) is 0. The highest BCUT2D eigenvalue weighted by molar-refractivity contribution is 6.46. The smallest absolute Gasteiger partial charge is 0.298 e. The van der Waals surface area contributed by atoms with Crippen molar-refractivity contribution in [3.8, 4) is 11.5 Å². The van der Waals surface area contributed by atoms with Gasteiger partial charge in [0.1, 0.15) is 0 Å². The lowest BCUT2D eigenvalue weighted by molar-refractivity contribution is -0.112. The molecule has 6 heteroatoms. The molecule has 6 nitrogen and oxygen atoms in total. The molecule has 0 atom stereocenters. The fourth-order valence-electron chi connectivity index (χ4n) is 2.82. The molecule has 0 spiro atoms. The highest BCUT2D eigenvalue weighted by atomic mass is 16.7. The van der Waals surface area contributed by atoms with Crippen LogP contribution in [0.1, 0.15) is 16.1 Å². The van der Waals surface area contributed by atoms with Crippen molar-refractivity contribution < 1.29 is 19.1 Å². The normalized spacial score (nSPS) is 12.0. The van der Waals surface area contributed by atoms with Crippen molar-refractivity contribution in [3.05, 3.63) is 78.1 Å². The summed E-state index contributed by atoms with van der Waals surface area (Å²) in [6.45, 7) is 0.672. The van der Waals surface area contributed by atoms with Crippen LogP contribution in [0.4, 0.5) is 5.69 Å². The molecule has 1 aliphatic rings. The van der Waals surface area contributed by atoms with Gasteiger partial charge in [0.2, 0.25) is 6.79 Å². The number of hydrogen-bond donors (Lipinski definition) is 1. The van der Waals surface area contributed by atoms with Gasteiger partial charge < -0.3 is 19.4 Å². The van der Waals surface area contributed by atoms with Gasteiger partial charge in [0.05, 0.1) is 5.69 Å². The van der Waals surface area contributed by atoms with E-state index < -0.39 is 11.7 Å². The number of aromatic nitrogens is 1. The Morgan fingerprint density at radius 2 is 1.77 bits per heavy atom. The van der Waals surface area contributed by atoms with E-state index in [0.717, 1.165) is 5.56 Å². The summed E-state index contributed by atoms with van der Waals surface area (Å²) in [6, 6.07) is 18.2. The second kappa shape index (κ2) is 6.76. The summed E-state index contributed by atoms with van der Waals surface area (Å²) in [5, 5.41) is 2.61. The van der Waals surface area contributed by atoms with Gasteiger partial charge in [-0.25, -0.2) is 0 Å². The Morgan fingerprint density at radius 1 is 0.962 bits per heavy atom. The Balaban J connectivity index is 1.49. The first-order valence-electron chi connectivity index (χ1n) is 8.15. The van der Waals surface area contributed by atoms with Gasteiger partial charge in [-0.2, -0.15) is 0 Å². The number of hydrogen-bond acceptors (Lipinski definition) is 4. The predicted molar refractivity (Wildman–Crippen MR) is 95.5 cm³/mol. The molecule has 1 aromatic heterocycles. The molecular weight excluding hydrogens is 332 g/mol. The van der Waals surface area contributed by atoms with E-state index >= 15 is 0 Å². The second-order valence-electron chi connectivity index (χ2n) is 5.86. The zero-order valence-corrected chi connectivity index (χ0v) is 13.8. The number of anilines is 1. The number of benzene rings is 2. The van der Waals surface area contributed by atoms with Gasteiger partial charge in [0.25, 0.3) is 11.7 Å². The summed E-state index contributed by atoms with van der Waals surface area (Å²) in [5.41, 5.74) is 1.87. The first kappa shape index (κ1) is 16.0. The quantitative estimate of drug-likeness (QED) is 0.568. The van der Waals surface area contributed by atoms with Crippen LogP contribution >= 0.6 is 0 Å². The zero-order chi connectivity index (χ0) is 17.9. The predicted octanol–water partition coefficient (Wildman–Crippen LogP) is 3.09. The molecule has 26 heavy (non-hydrogen) atoms. The average molecular weight is 348 g/mol. The molecule has 4 rings (SSSR count). The lowest BCUT2D eigenvalue weighted by Crippen LogP contribution is -2.25. The van der Waals surface area contributed by atoms with Crippen molar-refractivity contribution in [1.82, 2.24) is 4.57 Å². The topological polar surface area (TPSA) is 69.6 Å². The monoisotopic (exact) mass is 348 g/mol. The lowest BCUT2D eigenvalue weighted by atomic mass is 10.2. The Kier molecular flexibility index (Phi) is 4.15. The van der Waals surface area contributed by atoms with Gasteiger partial charge in [-0.05, 0) is 29.8 Å². The van der Waals surface area contributed by atoms with Crippen molar-refractivity contribution in [2.45, 2.75) is 6.54 Å². The number of amides is 1. The third-order valence-corrected chi connectivity index (χ3v) is 4.09. The summed E-state index contributed by atoms with van der Waals surface area (Å²) in [4.78, 5) is 24.9. The molecule has 3 aromatic rings. The van der Waals surface area contributed by atoms with Crippen LogP contribution in [0.2, 0.25) is 0 Å². The van der Waals surface area contributed by atoms with Crippen LogP contribution in [0.25, 0.3) is 0 Å². The maximum atomic E-state index is 12.6. The van der Waals surface area contributed by atoms with E-state index in [1.165, 1.54) is 0 Å². The van der Waals surface area contributed by atoms with Gasteiger partial charge in [-0.3, -0.25) is 9.59 Å². The molecule has 0 unspecified atom stereocenters. The highest BCUT2D eigenvalue weighted by Gasteiger charge is 2.21. The van der Waals surface area contributed by atoms with Gasteiger partial charge in [0, 0.05) is 24.5 Å². The van der Waals surface area contributed by atoms with E-state index in [9.17, 15) is 9.59 Å². The van der Waals surface area contributed by atoms with E-state index in [-0.39, 0.29) is 6.79 Å². The van der Waals surface area contributed by atoms with E-state index in [4.69, 9.17) is 9.47 Å². The minimum absolute atomic E-state index is 0.151. The molecule has 1 N–H and O–H groups in total. The molecule has 0 bridgehead atoms. The molecule has 2 heterocycles. The van der Waals surface area contributed by atoms with Crippen LogP contribution < -0.4 is 14.8 Å². The molecular formula is C20H16N2O4. The third-order valence-electron chi connectivity index (χ3n) is 4.09. The van der Waals surface area contributed by atoms with Crippen molar-refractivity contribution in [3.63, 3.8) is 0 Å². The summed E-state index contributed by atoms with van der Waals surface area (Å²) in [5.74, 6) is -0.130. The molecule has 2 aromatic carbocycles. The van der Waals surface area contributed by atoms with Crippen molar-refractivity contribution >= 4 is 17.4 Å². The molecule has 0 fully saturated rings. The van der Waals surface area contributed by atoms with Crippen LogP contribution in [-0.2, 0) is 11.3 Å². The number of carbonyl (C=O) groups is 2. The molecule has 0 radical (unpaired) electrons. The van der Waals surface area contributed by atoms with Gasteiger partial charge in [0.15, 0.2) is 11.5 Å². The average Bonchev–Trinajstić information content (AvgIpc) is 3.30.